The topological polar surface area (TPSA) is 38.3 Å². The van der Waals surface area contributed by atoms with E-state index in [4.69, 9.17) is 4.74 Å². The summed E-state index contributed by atoms with van der Waals surface area (Å²) in [5.41, 5.74) is 1.27. The zero-order valence-electron chi connectivity index (χ0n) is 9.28. The summed E-state index contributed by atoms with van der Waals surface area (Å²) in [6.07, 6.45) is 2.12. The van der Waals surface area contributed by atoms with E-state index >= 15 is 0 Å². The normalized spacial score (nSPS) is 20.9. The molecule has 0 aromatic carbocycles. The summed E-state index contributed by atoms with van der Waals surface area (Å²) >= 11 is 1.68. The predicted octanol–water partition coefficient (Wildman–Crippen LogP) is 1.63. The maximum Gasteiger partial charge on any atom is 0.134 e. The number of rotatable bonds is 5. The van der Waals surface area contributed by atoms with E-state index in [0.29, 0.717) is 25.2 Å². The Labute approximate surface area is 99.8 Å². The molecule has 1 unspecified atom stereocenters. The minimum atomic E-state index is 0.226. The van der Waals surface area contributed by atoms with E-state index in [0.717, 1.165) is 19.6 Å². The average molecular weight is 239 g/mol. The number of carbonyl (C=O) groups excluding carboxylic acids is 1. The Morgan fingerprint density at radius 2 is 2.56 bits per heavy atom. The lowest BCUT2D eigenvalue weighted by Gasteiger charge is -2.23. The Hall–Kier alpha value is -0.710. The van der Waals surface area contributed by atoms with Gasteiger partial charge >= 0.3 is 0 Å². The van der Waals surface area contributed by atoms with Gasteiger partial charge in [-0.05, 0) is 28.8 Å². The number of Topliss-reactive ketones (excluding diaryl/α,β-unsaturated/α-hetero) is 1. The monoisotopic (exact) mass is 239 g/mol. The van der Waals surface area contributed by atoms with E-state index in [-0.39, 0.29) is 6.04 Å². The molecular formula is C12H17NO2S. The molecule has 1 N–H and O–H groups in total. The standard InChI is InChI=1S/C12H17NO2S/c14-12(2-1-10-3-6-16-9-10)7-11-8-15-5-4-13-11/h3,6,9,11,13H,1-2,4-5,7-8H2. The maximum absolute atomic E-state index is 11.7. The Morgan fingerprint density at radius 1 is 1.62 bits per heavy atom. The molecule has 0 saturated carbocycles. The summed E-state index contributed by atoms with van der Waals surface area (Å²) < 4.78 is 5.32. The fourth-order valence-electron chi connectivity index (χ4n) is 1.85. The second kappa shape index (κ2) is 6.13. The largest absolute Gasteiger partial charge is 0.379 e. The van der Waals surface area contributed by atoms with E-state index in [1.54, 1.807) is 11.3 Å². The lowest BCUT2D eigenvalue weighted by molar-refractivity contribution is -0.120. The van der Waals surface area contributed by atoms with Gasteiger partial charge in [-0.25, -0.2) is 0 Å². The minimum absolute atomic E-state index is 0.226. The van der Waals surface area contributed by atoms with E-state index < -0.39 is 0 Å². The molecule has 3 nitrogen and oxygen atoms in total. The Bertz CT molecular complexity index is 318. The van der Waals surface area contributed by atoms with Gasteiger partial charge in [0.25, 0.3) is 0 Å². The minimum Gasteiger partial charge on any atom is -0.379 e. The maximum atomic E-state index is 11.7. The molecule has 1 aromatic rings. The summed E-state index contributed by atoms with van der Waals surface area (Å²) in [6, 6.07) is 2.31. The van der Waals surface area contributed by atoms with Crippen molar-refractivity contribution in [2.24, 2.45) is 0 Å². The van der Waals surface area contributed by atoms with Crippen molar-refractivity contribution in [2.75, 3.05) is 19.8 Å². The summed E-state index contributed by atoms with van der Waals surface area (Å²) in [4.78, 5) is 11.7. The van der Waals surface area contributed by atoms with Crippen LogP contribution in [0.2, 0.25) is 0 Å². The summed E-state index contributed by atoms with van der Waals surface area (Å²) in [5.74, 6) is 0.328. The van der Waals surface area contributed by atoms with Crippen LogP contribution < -0.4 is 5.32 Å². The van der Waals surface area contributed by atoms with Crippen molar-refractivity contribution in [3.05, 3.63) is 22.4 Å². The molecule has 1 saturated heterocycles. The van der Waals surface area contributed by atoms with Crippen LogP contribution in [0, 0.1) is 0 Å². The Kier molecular flexibility index (Phi) is 4.51. The van der Waals surface area contributed by atoms with Crippen LogP contribution in [-0.2, 0) is 16.0 Å². The van der Waals surface area contributed by atoms with Gasteiger partial charge in [0.1, 0.15) is 5.78 Å². The smallest absolute Gasteiger partial charge is 0.134 e. The first-order valence-corrected chi connectivity index (χ1v) is 6.63. The molecule has 1 atom stereocenters. The van der Waals surface area contributed by atoms with Crippen LogP contribution in [0.4, 0.5) is 0 Å². The Balaban J connectivity index is 1.67. The lowest BCUT2D eigenvalue weighted by atomic mass is 10.0. The van der Waals surface area contributed by atoms with Crippen molar-refractivity contribution in [3.8, 4) is 0 Å². The molecule has 0 spiro atoms. The summed E-state index contributed by atoms with van der Waals surface area (Å²) in [6.45, 7) is 2.30. The van der Waals surface area contributed by atoms with Crippen molar-refractivity contribution >= 4 is 17.1 Å². The quantitative estimate of drug-likeness (QED) is 0.848. The molecule has 1 fully saturated rings. The molecule has 0 amide bonds. The molecule has 16 heavy (non-hydrogen) atoms. The number of carbonyl (C=O) groups is 1. The third-order valence-corrected chi connectivity index (χ3v) is 3.48. The number of hydrogen-bond acceptors (Lipinski definition) is 4. The van der Waals surface area contributed by atoms with Gasteiger partial charge in [0.15, 0.2) is 0 Å². The third-order valence-electron chi connectivity index (χ3n) is 2.75. The SMILES string of the molecule is O=C(CCc1ccsc1)CC1COCCN1. The van der Waals surface area contributed by atoms with E-state index in [2.05, 4.69) is 22.1 Å². The van der Waals surface area contributed by atoms with Crippen LogP contribution in [0.25, 0.3) is 0 Å². The number of morpholine rings is 1. The molecule has 1 aliphatic heterocycles. The van der Waals surface area contributed by atoms with Crippen molar-refractivity contribution in [2.45, 2.75) is 25.3 Å². The first kappa shape index (κ1) is 11.8. The molecule has 0 radical (unpaired) electrons. The van der Waals surface area contributed by atoms with Crippen LogP contribution >= 0.6 is 11.3 Å². The zero-order valence-corrected chi connectivity index (χ0v) is 10.1. The van der Waals surface area contributed by atoms with Crippen LogP contribution in [-0.4, -0.2) is 31.6 Å². The van der Waals surface area contributed by atoms with Gasteiger partial charge < -0.3 is 10.1 Å². The van der Waals surface area contributed by atoms with Crippen molar-refractivity contribution < 1.29 is 9.53 Å². The first-order valence-electron chi connectivity index (χ1n) is 5.68. The predicted molar refractivity (Wildman–Crippen MR) is 64.9 cm³/mol. The van der Waals surface area contributed by atoms with Crippen LogP contribution in [0.1, 0.15) is 18.4 Å². The second-order valence-corrected chi connectivity index (χ2v) is 4.88. The molecule has 4 heteroatoms. The molecule has 2 rings (SSSR count). The Morgan fingerprint density at radius 3 is 3.25 bits per heavy atom. The van der Waals surface area contributed by atoms with E-state index in [9.17, 15) is 4.79 Å². The molecular weight excluding hydrogens is 222 g/mol. The van der Waals surface area contributed by atoms with E-state index in [1.165, 1.54) is 5.56 Å². The van der Waals surface area contributed by atoms with Crippen molar-refractivity contribution in [1.29, 1.82) is 0 Å². The number of aryl methyl sites for hydroxylation is 1. The highest BCUT2D eigenvalue weighted by Crippen LogP contribution is 2.10. The van der Waals surface area contributed by atoms with Gasteiger partial charge in [0.05, 0.1) is 13.2 Å². The van der Waals surface area contributed by atoms with Crippen molar-refractivity contribution in [1.82, 2.24) is 5.32 Å². The van der Waals surface area contributed by atoms with Gasteiger partial charge in [-0.1, -0.05) is 0 Å². The number of nitrogens with one attached hydrogen (secondary N) is 1. The van der Waals surface area contributed by atoms with Gasteiger partial charge in [-0.3, -0.25) is 4.79 Å². The van der Waals surface area contributed by atoms with Crippen LogP contribution in [0.3, 0.4) is 0 Å². The van der Waals surface area contributed by atoms with E-state index in [1.807, 2.05) is 0 Å². The van der Waals surface area contributed by atoms with Crippen molar-refractivity contribution in [3.63, 3.8) is 0 Å². The average Bonchev–Trinajstić information content (AvgIpc) is 2.81. The van der Waals surface area contributed by atoms with Gasteiger partial charge in [-0.15, -0.1) is 0 Å². The highest BCUT2D eigenvalue weighted by atomic mass is 32.1. The summed E-state index contributed by atoms with van der Waals surface area (Å²) in [5, 5.41) is 7.46. The third kappa shape index (κ3) is 3.70. The van der Waals surface area contributed by atoms with Crippen LogP contribution in [0.15, 0.2) is 16.8 Å². The van der Waals surface area contributed by atoms with Crippen LogP contribution in [0.5, 0.6) is 0 Å². The number of ketones is 1. The number of ether oxygens (including phenoxy) is 1. The first-order chi connectivity index (χ1) is 7.84. The van der Waals surface area contributed by atoms with Gasteiger partial charge in [-0.2, -0.15) is 11.3 Å². The molecule has 1 aliphatic rings. The number of hydrogen-bond donors (Lipinski definition) is 1. The molecule has 1 aromatic heterocycles. The molecule has 0 aliphatic carbocycles. The highest BCUT2D eigenvalue weighted by Gasteiger charge is 2.16. The highest BCUT2D eigenvalue weighted by molar-refractivity contribution is 7.07. The lowest BCUT2D eigenvalue weighted by Crippen LogP contribution is -2.42. The van der Waals surface area contributed by atoms with Gasteiger partial charge in [0.2, 0.25) is 0 Å². The molecule has 88 valence electrons. The fourth-order valence-corrected chi connectivity index (χ4v) is 2.55. The molecule has 2 heterocycles. The number of thiophene rings is 1. The molecule has 0 bridgehead atoms. The second-order valence-electron chi connectivity index (χ2n) is 4.10. The summed E-state index contributed by atoms with van der Waals surface area (Å²) in [7, 11) is 0. The van der Waals surface area contributed by atoms with Gasteiger partial charge in [0, 0.05) is 25.4 Å². The zero-order chi connectivity index (χ0) is 11.2. The fraction of sp³-hybridized carbons (Fsp3) is 0.583.